The highest BCUT2D eigenvalue weighted by molar-refractivity contribution is 9.10. The van der Waals surface area contributed by atoms with Crippen LogP contribution in [0.15, 0.2) is 9.85 Å². The van der Waals surface area contributed by atoms with Gasteiger partial charge in [0.1, 0.15) is 0 Å². The van der Waals surface area contributed by atoms with Crippen LogP contribution in [0.25, 0.3) is 0 Å². The summed E-state index contributed by atoms with van der Waals surface area (Å²) in [5, 5.41) is 1.56. The van der Waals surface area contributed by atoms with Gasteiger partial charge < -0.3 is 9.64 Å². The van der Waals surface area contributed by atoms with Crippen LogP contribution >= 0.6 is 27.5 Å². The van der Waals surface area contributed by atoms with Crippen LogP contribution in [0.3, 0.4) is 0 Å². The summed E-state index contributed by atoms with van der Waals surface area (Å²) in [7, 11) is 0. The summed E-state index contributed by atoms with van der Waals surface area (Å²) >= 11 is 4.12. The smallest absolute Gasteiger partial charge is 0.374 e. The van der Waals surface area contributed by atoms with Crippen LogP contribution in [0.1, 0.15) is 17.4 Å². The van der Waals surface area contributed by atoms with Gasteiger partial charge in [-0.25, -0.2) is 0 Å². The fourth-order valence-electron chi connectivity index (χ4n) is 1.99. The van der Waals surface area contributed by atoms with E-state index < -0.39 is 24.2 Å². The van der Waals surface area contributed by atoms with Gasteiger partial charge >= 0.3 is 6.18 Å². The fourth-order valence-corrected chi connectivity index (χ4v) is 3.16. The highest BCUT2D eigenvalue weighted by Gasteiger charge is 2.51. The minimum atomic E-state index is -4.53. The molecule has 0 radical (unpaired) electrons. The molecular weight excluding hydrogens is 349 g/mol. The summed E-state index contributed by atoms with van der Waals surface area (Å²) in [5.41, 5.74) is 0.00773. The number of carbonyl (C=O) groups excluding carboxylic acids is 1. The van der Waals surface area contributed by atoms with Crippen molar-refractivity contribution in [2.45, 2.75) is 25.2 Å². The maximum absolute atomic E-state index is 13.0. The van der Waals surface area contributed by atoms with Gasteiger partial charge in [0.2, 0.25) is 0 Å². The molecule has 1 fully saturated rings. The number of carbonyl (C=O) groups is 1. The first-order chi connectivity index (χ1) is 8.82. The minimum absolute atomic E-state index is 0.00773. The van der Waals surface area contributed by atoms with Crippen molar-refractivity contribution in [3.63, 3.8) is 0 Å². The number of alkyl halides is 3. The predicted molar refractivity (Wildman–Crippen MR) is 66.1 cm³/mol. The molecule has 0 bridgehead atoms. The Bertz CT molecular complexity index is 480. The van der Waals surface area contributed by atoms with Crippen LogP contribution in [-0.2, 0) is 4.74 Å². The molecule has 0 saturated carbocycles. The minimum Gasteiger partial charge on any atom is -0.374 e. The van der Waals surface area contributed by atoms with E-state index in [4.69, 9.17) is 4.74 Å². The molecule has 0 aromatic carbocycles. The molecule has 19 heavy (non-hydrogen) atoms. The lowest BCUT2D eigenvalue weighted by molar-refractivity contribution is -0.220. The van der Waals surface area contributed by atoms with Crippen molar-refractivity contribution in [1.82, 2.24) is 9.27 Å². The number of aromatic nitrogens is 1. The second-order valence-corrected chi connectivity index (χ2v) is 5.56. The quantitative estimate of drug-likeness (QED) is 0.775. The molecule has 2 rings (SSSR count). The molecule has 1 saturated heterocycles. The summed E-state index contributed by atoms with van der Waals surface area (Å²) < 4.78 is 48.4. The van der Waals surface area contributed by atoms with Crippen LogP contribution in [0.5, 0.6) is 0 Å². The zero-order valence-corrected chi connectivity index (χ0v) is 12.2. The van der Waals surface area contributed by atoms with Crippen molar-refractivity contribution < 1.29 is 22.7 Å². The molecule has 0 spiro atoms. The Balaban J connectivity index is 2.31. The maximum atomic E-state index is 13.0. The molecule has 1 aliphatic heterocycles. The van der Waals surface area contributed by atoms with E-state index >= 15 is 0 Å². The lowest BCUT2D eigenvalue weighted by Crippen LogP contribution is -2.59. The first kappa shape index (κ1) is 14.7. The zero-order chi connectivity index (χ0) is 14.2. The third kappa shape index (κ3) is 2.92. The van der Waals surface area contributed by atoms with Crippen LogP contribution in [0.2, 0.25) is 0 Å². The van der Waals surface area contributed by atoms with E-state index in [1.807, 2.05) is 0 Å². The van der Waals surface area contributed by atoms with Crippen molar-refractivity contribution >= 4 is 33.4 Å². The summed E-state index contributed by atoms with van der Waals surface area (Å²) in [4.78, 5) is 13.0. The molecule has 1 aromatic rings. The number of nitrogens with zero attached hydrogens (tertiary/aromatic N) is 2. The fraction of sp³-hybridized carbons (Fsp3) is 0.600. The molecule has 2 heterocycles. The lowest BCUT2D eigenvalue weighted by atomic mass is 10.1. The Morgan fingerprint density at radius 2 is 2.32 bits per heavy atom. The number of rotatable bonds is 1. The van der Waals surface area contributed by atoms with Crippen LogP contribution < -0.4 is 0 Å². The Morgan fingerprint density at radius 1 is 1.63 bits per heavy atom. The van der Waals surface area contributed by atoms with Crippen LogP contribution in [0, 0.1) is 0 Å². The Labute approximate surface area is 119 Å². The van der Waals surface area contributed by atoms with Crippen LogP contribution in [-0.4, -0.2) is 46.7 Å². The molecule has 0 unspecified atom stereocenters. The van der Waals surface area contributed by atoms with Crippen molar-refractivity contribution in [3.05, 3.63) is 15.5 Å². The van der Waals surface area contributed by atoms with Gasteiger partial charge in [-0.1, -0.05) is 0 Å². The number of hydrogen-bond acceptors (Lipinski definition) is 4. The maximum Gasteiger partial charge on any atom is 0.411 e. The van der Waals surface area contributed by atoms with E-state index in [0.717, 1.165) is 16.4 Å². The average Bonchev–Trinajstić information content (AvgIpc) is 2.72. The number of morpholine rings is 1. The highest BCUT2D eigenvalue weighted by Crippen LogP contribution is 2.32. The Morgan fingerprint density at radius 3 is 2.84 bits per heavy atom. The normalized spacial score (nSPS) is 24.6. The van der Waals surface area contributed by atoms with E-state index in [9.17, 15) is 18.0 Å². The average molecular weight is 359 g/mol. The van der Waals surface area contributed by atoms with Gasteiger partial charge in [0.25, 0.3) is 5.91 Å². The summed E-state index contributed by atoms with van der Waals surface area (Å²) in [5.74, 6) is -0.731. The van der Waals surface area contributed by atoms with Gasteiger partial charge in [-0.05, 0) is 34.4 Å². The van der Waals surface area contributed by atoms with Crippen molar-refractivity contribution in [2.75, 3.05) is 13.2 Å². The van der Waals surface area contributed by atoms with E-state index in [1.165, 1.54) is 6.92 Å². The second-order valence-electron chi connectivity index (χ2n) is 4.07. The van der Waals surface area contributed by atoms with Gasteiger partial charge in [0.15, 0.2) is 11.7 Å². The molecule has 4 nitrogen and oxygen atoms in total. The molecule has 1 aromatic heterocycles. The van der Waals surface area contributed by atoms with Gasteiger partial charge in [-0.2, -0.15) is 17.5 Å². The Kier molecular flexibility index (Phi) is 4.17. The van der Waals surface area contributed by atoms with Crippen molar-refractivity contribution in [1.29, 1.82) is 0 Å². The first-order valence-corrected chi connectivity index (χ1v) is 7.04. The molecule has 1 aliphatic rings. The van der Waals surface area contributed by atoms with E-state index in [2.05, 4.69) is 20.3 Å². The number of halogens is 4. The molecular formula is C10H10BrF3N2O2S. The van der Waals surface area contributed by atoms with Gasteiger partial charge in [-0.15, -0.1) is 0 Å². The van der Waals surface area contributed by atoms with Crippen molar-refractivity contribution in [3.8, 4) is 0 Å². The summed E-state index contributed by atoms with van der Waals surface area (Å²) in [6.45, 7) is 1.30. The monoisotopic (exact) mass is 358 g/mol. The van der Waals surface area contributed by atoms with Gasteiger partial charge in [-0.3, -0.25) is 4.79 Å². The van der Waals surface area contributed by atoms with E-state index in [0.29, 0.717) is 4.47 Å². The highest BCUT2D eigenvalue weighted by atomic mass is 79.9. The molecule has 0 N–H and O–H groups in total. The lowest BCUT2D eigenvalue weighted by Gasteiger charge is -2.40. The summed E-state index contributed by atoms with van der Waals surface area (Å²) in [6.07, 6.45) is -5.62. The van der Waals surface area contributed by atoms with Crippen molar-refractivity contribution in [2.24, 2.45) is 0 Å². The number of ether oxygens (including phenoxy) is 1. The third-order valence-corrected chi connectivity index (χ3v) is 4.36. The third-order valence-electron chi connectivity index (χ3n) is 2.82. The van der Waals surface area contributed by atoms with Gasteiger partial charge in [0.05, 0.1) is 17.2 Å². The first-order valence-electron chi connectivity index (χ1n) is 5.41. The van der Waals surface area contributed by atoms with E-state index in [1.54, 1.807) is 5.38 Å². The van der Waals surface area contributed by atoms with Gasteiger partial charge in [0, 0.05) is 11.9 Å². The molecule has 106 valence electrons. The molecule has 2 atom stereocenters. The predicted octanol–water partition coefficient (Wildman–Crippen LogP) is 2.70. The van der Waals surface area contributed by atoms with E-state index in [-0.39, 0.29) is 18.8 Å². The molecule has 0 aliphatic carbocycles. The molecule has 9 heteroatoms. The molecule has 1 amide bonds. The standard InChI is InChI=1S/C10H10BrF3N2O2S/c1-5-8(10(12,13)14)16(2-3-18-5)9(17)7-6(11)4-19-15-7/h4-5,8H,2-3H2,1H3/t5-,8-/m0/s1. The number of hydrogen-bond donors (Lipinski definition) is 0. The second kappa shape index (κ2) is 5.37. The summed E-state index contributed by atoms with van der Waals surface area (Å²) in [6, 6.07) is -1.94. The van der Waals surface area contributed by atoms with Crippen LogP contribution in [0.4, 0.5) is 13.2 Å². The largest absolute Gasteiger partial charge is 0.411 e. The number of amides is 1. The SMILES string of the molecule is C[C@@H]1OCCN(C(=O)c2nscc2Br)[C@@H]1C(F)(F)F. The Hall–Kier alpha value is -0.670. The topological polar surface area (TPSA) is 42.4 Å². The zero-order valence-electron chi connectivity index (χ0n) is 9.78.